The van der Waals surface area contributed by atoms with E-state index in [4.69, 9.17) is 4.74 Å². The maximum absolute atomic E-state index is 15.0. The zero-order chi connectivity index (χ0) is 20.3. The monoisotopic (exact) mass is 411 g/mol. The van der Waals surface area contributed by atoms with Crippen molar-refractivity contribution in [1.82, 2.24) is 5.32 Å². The summed E-state index contributed by atoms with van der Waals surface area (Å²) in [6.07, 6.45) is 2.49. The van der Waals surface area contributed by atoms with Gasteiger partial charge in [0.15, 0.2) is 0 Å². The first kappa shape index (κ1) is 20.6. The minimum Gasteiger partial charge on any atom is -0.453 e. The molecular weight excluding hydrogens is 385 g/mol. The molecule has 2 fully saturated rings. The number of amides is 2. The van der Waals surface area contributed by atoms with Crippen molar-refractivity contribution in [3.63, 3.8) is 0 Å². The van der Waals surface area contributed by atoms with Crippen LogP contribution in [0.15, 0.2) is 18.2 Å². The van der Waals surface area contributed by atoms with E-state index in [0.717, 1.165) is 18.6 Å². The number of carbonyl (C=O) groups is 2. The molecule has 9 heteroatoms. The Labute approximate surface area is 168 Å². The van der Waals surface area contributed by atoms with Crippen LogP contribution in [0.4, 0.5) is 25.4 Å². The fraction of sp³-hybridized carbons (Fsp3) is 0.579. The van der Waals surface area contributed by atoms with Gasteiger partial charge in [-0.15, -0.1) is 0 Å². The molecule has 1 aromatic carbocycles. The summed E-state index contributed by atoms with van der Waals surface area (Å²) in [6, 6.07) is 5.47. The first-order chi connectivity index (χ1) is 13.4. The van der Waals surface area contributed by atoms with Crippen molar-refractivity contribution in [3.8, 4) is 0 Å². The standard InChI is InChI=1S/C19H26FN3O4S/c1-12-4-5-14(11-28-3)23(12)17-7-6-13(8-16(17)20)22-10-15(27-19(22)25)9-21-18(24)26-2/h6-8,12,14-15H,4-5,9-11H2,1-3H3,(H,21,24). The predicted octanol–water partition coefficient (Wildman–Crippen LogP) is 3.23. The van der Waals surface area contributed by atoms with Crippen molar-refractivity contribution in [1.29, 1.82) is 0 Å². The molecule has 154 valence electrons. The van der Waals surface area contributed by atoms with Crippen LogP contribution in [0, 0.1) is 5.82 Å². The highest BCUT2D eigenvalue weighted by molar-refractivity contribution is 7.98. The summed E-state index contributed by atoms with van der Waals surface area (Å²) in [6.45, 7) is 2.48. The number of hydrogen-bond acceptors (Lipinski definition) is 6. The van der Waals surface area contributed by atoms with Gasteiger partial charge in [0, 0.05) is 17.8 Å². The summed E-state index contributed by atoms with van der Waals surface area (Å²) in [5, 5.41) is 2.50. The van der Waals surface area contributed by atoms with Crippen molar-refractivity contribution < 1.29 is 23.5 Å². The van der Waals surface area contributed by atoms with E-state index in [-0.39, 0.29) is 24.9 Å². The molecular formula is C19H26FN3O4S. The lowest BCUT2D eigenvalue weighted by atomic mass is 10.2. The van der Waals surface area contributed by atoms with E-state index in [1.165, 1.54) is 18.1 Å². The van der Waals surface area contributed by atoms with Gasteiger partial charge in [-0.25, -0.2) is 14.0 Å². The summed E-state index contributed by atoms with van der Waals surface area (Å²) < 4.78 is 24.7. The van der Waals surface area contributed by atoms with Crippen LogP contribution in [0.5, 0.6) is 0 Å². The number of nitrogens with zero attached hydrogens (tertiary/aromatic N) is 2. The average Bonchev–Trinajstić information content (AvgIpc) is 3.22. The van der Waals surface area contributed by atoms with E-state index in [2.05, 4.69) is 28.1 Å². The fourth-order valence-electron chi connectivity index (χ4n) is 3.84. The molecule has 0 aromatic heterocycles. The highest BCUT2D eigenvalue weighted by atomic mass is 32.2. The molecule has 0 saturated carbocycles. The normalized spacial score (nSPS) is 24.4. The van der Waals surface area contributed by atoms with E-state index in [1.807, 2.05) is 0 Å². The molecule has 2 heterocycles. The highest BCUT2D eigenvalue weighted by Crippen LogP contribution is 2.35. The van der Waals surface area contributed by atoms with Gasteiger partial charge in [-0.2, -0.15) is 11.8 Å². The number of ether oxygens (including phenoxy) is 2. The molecule has 0 spiro atoms. The Kier molecular flexibility index (Phi) is 6.53. The maximum Gasteiger partial charge on any atom is 0.414 e. The van der Waals surface area contributed by atoms with Gasteiger partial charge in [0.1, 0.15) is 11.9 Å². The van der Waals surface area contributed by atoms with E-state index >= 15 is 0 Å². The van der Waals surface area contributed by atoms with Gasteiger partial charge in [0.25, 0.3) is 0 Å². The summed E-state index contributed by atoms with van der Waals surface area (Å²) in [5.74, 6) is 0.611. The van der Waals surface area contributed by atoms with Crippen LogP contribution in [0.2, 0.25) is 0 Å². The summed E-state index contributed by atoms with van der Waals surface area (Å²) in [4.78, 5) is 26.9. The molecule has 3 rings (SSSR count). The van der Waals surface area contributed by atoms with Gasteiger partial charge in [-0.05, 0) is 44.2 Å². The maximum atomic E-state index is 15.0. The highest BCUT2D eigenvalue weighted by Gasteiger charge is 2.35. The number of halogens is 1. The number of methoxy groups -OCH3 is 1. The van der Waals surface area contributed by atoms with Gasteiger partial charge in [0.2, 0.25) is 0 Å². The first-order valence-electron chi connectivity index (χ1n) is 9.31. The summed E-state index contributed by atoms with van der Waals surface area (Å²) in [7, 11) is 1.26. The molecule has 2 saturated heterocycles. The van der Waals surface area contributed by atoms with E-state index < -0.39 is 18.3 Å². The molecule has 0 radical (unpaired) electrons. The molecule has 3 atom stereocenters. The number of benzene rings is 1. The van der Waals surface area contributed by atoms with Crippen LogP contribution >= 0.6 is 11.8 Å². The van der Waals surface area contributed by atoms with Gasteiger partial charge in [-0.1, -0.05) is 0 Å². The Balaban J connectivity index is 1.72. The third-order valence-electron chi connectivity index (χ3n) is 5.20. The lowest BCUT2D eigenvalue weighted by Crippen LogP contribution is -2.37. The molecule has 0 aliphatic carbocycles. The molecule has 28 heavy (non-hydrogen) atoms. The number of rotatable bonds is 6. The number of cyclic esters (lactones) is 1. The lowest BCUT2D eigenvalue weighted by Gasteiger charge is -2.31. The van der Waals surface area contributed by atoms with Crippen molar-refractivity contribution in [2.24, 2.45) is 0 Å². The smallest absolute Gasteiger partial charge is 0.414 e. The molecule has 2 aliphatic heterocycles. The van der Waals surface area contributed by atoms with Crippen molar-refractivity contribution in [2.75, 3.05) is 42.0 Å². The number of anilines is 2. The molecule has 2 aliphatic rings. The number of hydrogen-bond donors (Lipinski definition) is 1. The second kappa shape index (κ2) is 8.89. The van der Waals surface area contributed by atoms with Crippen LogP contribution in [-0.4, -0.2) is 62.6 Å². The molecule has 2 amide bonds. The van der Waals surface area contributed by atoms with Gasteiger partial charge < -0.3 is 19.7 Å². The number of alkyl carbamates (subject to hydrolysis) is 1. The first-order valence-corrected chi connectivity index (χ1v) is 10.7. The number of nitrogens with one attached hydrogen (secondary N) is 1. The molecule has 3 unspecified atom stereocenters. The average molecular weight is 411 g/mol. The van der Waals surface area contributed by atoms with Crippen LogP contribution in [-0.2, 0) is 9.47 Å². The van der Waals surface area contributed by atoms with Crippen LogP contribution in [0.1, 0.15) is 19.8 Å². The number of thioether (sulfide) groups is 1. The zero-order valence-corrected chi connectivity index (χ0v) is 17.1. The zero-order valence-electron chi connectivity index (χ0n) is 16.3. The van der Waals surface area contributed by atoms with Crippen molar-refractivity contribution >= 4 is 35.3 Å². The van der Waals surface area contributed by atoms with Crippen LogP contribution < -0.4 is 15.1 Å². The van der Waals surface area contributed by atoms with Crippen LogP contribution in [0.25, 0.3) is 0 Å². The van der Waals surface area contributed by atoms with Gasteiger partial charge >= 0.3 is 12.2 Å². The predicted molar refractivity (Wildman–Crippen MR) is 108 cm³/mol. The van der Waals surface area contributed by atoms with Crippen molar-refractivity contribution in [2.45, 2.75) is 38.0 Å². The minimum atomic E-state index is -0.593. The molecule has 0 bridgehead atoms. The second-order valence-corrected chi connectivity index (χ2v) is 7.98. The SMILES string of the molecule is COC(=O)NCC1CN(c2ccc(N3C(C)CCC3CSC)c(F)c2)C(=O)O1. The second-order valence-electron chi connectivity index (χ2n) is 7.07. The van der Waals surface area contributed by atoms with E-state index in [9.17, 15) is 14.0 Å². The fourth-order valence-corrected chi connectivity index (χ4v) is 4.55. The largest absolute Gasteiger partial charge is 0.453 e. The van der Waals surface area contributed by atoms with E-state index in [1.54, 1.807) is 23.9 Å². The Hall–Kier alpha value is -2.16. The quantitative estimate of drug-likeness (QED) is 0.775. The third-order valence-corrected chi connectivity index (χ3v) is 5.92. The van der Waals surface area contributed by atoms with Gasteiger partial charge in [0.05, 0.1) is 31.6 Å². The molecule has 1 N–H and O–H groups in total. The summed E-state index contributed by atoms with van der Waals surface area (Å²) in [5.41, 5.74) is 1.02. The van der Waals surface area contributed by atoms with Crippen LogP contribution in [0.3, 0.4) is 0 Å². The molecule has 1 aromatic rings. The Morgan fingerprint density at radius 1 is 1.43 bits per heavy atom. The Morgan fingerprint density at radius 2 is 2.21 bits per heavy atom. The third kappa shape index (κ3) is 4.29. The lowest BCUT2D eigenvalue weighted by molar-refractivity contribution is 0.132. The Bertz CT molecular complexity index is 733. The Morgan fingerprint density at radius 3 is 2.89 bits per heavy atom. The van der Waals surface area contributed by atoms with Crippen molar-refractivity contribution in [3.05, 3.63) is 24.0 Å². The molecule has 7 nitrogen and oxygen atoms in total. The van der Waals surface area contributed by atoms with Gasteiger partial charge in [-0.3, -0.25) is 4.90 Å². The minimum absolute atomic E-state index is 0.136. The summed E-state index contributed by atoms with van der Waals surface area (Å²) >= 11 is 1.77. The topological polar surface area (TPSA) is 71.1 Å². The number of carbonyl (C=O) groups excluding carboxylic acids is 2. The van der Waals surface area contributed by atoms with E-state index in [0.29, 0.717) is 17.4 Å².